The summed E-state index contributed by atoms with van der Waals surface area (Å²) in [6.07, 6.45) is 3.42. The van der Waals surface area contributed by atoms with Gasteiger partial charge in [0.1, 0.15) is 5.75 Å². The number of aromatic nitrogens is 1. The van der Waals surface area contributed by atoms with Gasteiger partial charge in [0.05, 0.1) is 11.1 Å². The van der Waals surface area contributed by atoms with Gasteiger partial charge in [0.2, 0.25) is 0 Å². The highest BCUT2D eigenvalue weighted by molar-refractivity contribution is 9.10. The molecule has 0 bridgehead atoms. The summed E-state index contributed by atoms with van der Waals surface area (Å²) in [5.74, 6) is 0.845. The van der Waals surface area contributed by atoms with Crippen LogP contribution in [0.25, 0.3) is 0 Å². The van der Waals surface area contributed by atoms with E-state index in [1.165, 1.54) is 0 Å². The molecule has 0 aromatic carbocycles. The van der Waals surface area contributed by atoms with Gasteiger partial charge in [-0.15, -0.1) is 0 Å². The van der Waals surface area contributed by atoms with Crippen LogP contribution >= 0.6 is 15.9 Å². The number of halogens is 1. The molecule has 0 fully saturated rings. The first-order valence-electron chi connectivity index (χ1n) is 3.07. The van der Waals surface area contributed by atoms with Crippen LogP contribution < -0.4 is 4.74 Å². The summed E-state index contributed by atoms with van der Waals surface area (Å²) in [6.45, 7) is 2.63. The van der Waals surface area contributed by atoms with Crippen molar-refractivity contribution in [2.75, 3.05) is 6.61 Å². The first-order chi connectivity index (χ1) is 4.84. The Morgan fingerprint density at radius 2 is 2.50 bits per heavy atom. The van der Waals surface area contributed by atoms with Gasteiger partial charge in [-0.25, -0.2) is 0 Å². The fraction of sp³-hybridized carbons (Fsp3) is 0.286. The van der Waals surface area contributed by atoms with Crippen LogP contribution in [0, 0.1) is 0 Å². The third kappa shape index (κ3) is 1.70. The van der Waals surface area contributed by atoms with E-state index in [-0.39, 0.29) is 0 Å². The van der Waals surface area contributed by atoms with Crippen molar-refractivity contribution < 1.29 is 4.74 Å². The SMILES string of the molecule is CCOc1ccncc1Br. The Hall–Kier alpha value is -0.570. The summed E-state index contributed by atoms with van der Waals surface area (Å²) >= 11 is 3.31. The number of pyridine rings is 1. The van der Waals surface area contributed by atoms with Crippen LogP contribution in [0.1, 0.15) is 6.92 Å². The van der Waals surface area contributed by atoms with Gasteiger partial charge in [0.25, 0.3) is 0 Å². The highest BCUT2D eigenvalue weighted by Crippen LogP contribution is 2.21. The molecule has 1 rings (SSSR count). The van der Waals surface area contributed by atoms with E-state index in [0.717, 1.165) is 10.2 Å². The van der Waals surface area contributed by atoms with E-state index >= 15 is 0 Å². The van der Waals surface area contributed by atoms with Gasteiger partial charge in [-0.1, -0.05) is 0 Å². The molecule has 2 nitrogen and oxygen atoms in total. The Balaban J connectivity index is 2.81. The first kappa shape index (κ1) is 7.54. The number of rotatable bonds is 2. The number of hydrogen-bond acceptors (Lipinski definition) is 2. The quantitative estimate of drug-likeness (QED) is 0.733. The van der Waals surface area contributed by atoms with Gasteiger partial charge < -0.3 is 4.74 Å². The molecule has 3 heteroatoms. The maximum Gasteiger partial charge on any atom is 0.136 e. The van der Waals surface area contributed by atoms with Crippen molar-refractivity contribution in [3.8, 4) is 5.75 Å². The summed E-state index contributed by atoms with van der Waals surface area (Å²) in [5, 5.41) is 0. The largest absolute Gasteiger partial charge is 0.493 e. The Bertz CT molecular complexity index is 215. The fourth-order valence-corrected chi connectivity index (χ4v) is 1.000. The van der Waals surface area contributed by atoms with Crippen LogP contribution in [0.4, 0.5) is 0 Å². The fourth-order valence-electron chi connectivity index (χ4n) is 0.635. The predicted molar refractivity (Wildman–Crippen MR) is 43.1 cm³/mol. The highest BCUT2D eigenvalue weighted by atomic mass is 79.9. The lowest BCUT2D eigenvalue weighted by atomic mass is 10.4. The monoisotopic (exact) mass is 201 g/mol. The van der Waals surface area contributed by atoms with Crippen LogP contribution in [0.2, 0.25) is 0 Å². The predicted octanol–water partition coefficient (Wildman–Crippen LogP) is 2.24. The topological polar surface area (TPSA) is 22.1 Å². The molecule has 0 aliphatic carbocycles. The summed E-state index contributed by atoms with van der Waals surface area (Å²) in [6, 6.07) is 1.83. The van der Waals surface area contributed by atoms with Crippen LogP contribution in [-0.4, -0.2) is 11.6 Å². The van der Waals surface area contributed by atoms with E-state index in [2.05, 4.69) is 20.9 Å². The van der Waals surface area contributed by atoms with E-state index < -0.39 is 0 Å². The average molecular weight is 202 g/mol. The zero-order valence-electron chi connectivity index (χ0n) is 5.67. The zero-order valence-corrected chi connectivity index (χ0v) is 7.26. The molecule has 0 unspecified atom stereocenters. The normalized spacial score (nSPS) is 9.40. The maximum atomic E-state index is 5.25. The van der Waals surface area contributed by atoms with E-state index in [1.807, 2.05) is 13.0 Å². The lowest BCUT2D eigenvalue weighted by Crippen LogP contribution is -1.91. The van der Waals surface area contributed by atoms with Crippen molar-refractivity contribution in [2.24, 2.45) is 0 Å². The van der Waals surface area contributed by atoms with E-state index in [1.54, 1.807) is 12.4 Å². The molecule has 54 valence electrons. The molecule has 0 atom stereocenters. The zero-order chi connectivity index (χ0) is 7.40. The van der Waals surface area contributed by atoms with Gasteiger partial charge in [-0.2, -0.15) is 0 Å². The highest BCUT2D eigenvalue weighted by Gasteiger charge is 1.95. The summed E-state index contributed by atoms with van der Waals surface area (Å²) < 4.78 is 6.15. The van der Waals surface area contributed by atoms with Gasteiger partial charge >= 0.3 is 0 Å². The second-order valence-electron chi connectivity index (χ2n) is 1.74. The van der Waals surface area contributed by atoms with Gasteiger partial charge in [0.15, 0.2) is 0 Å². The molecule has 1 aromatic rings. The molecule has 0 saturated carbocycles. The molecule has 0 aliphatic rings. The first-order valence-corrected chi connectivity index (χ1v) is 3.86. The molecule has 0 radical (unpaired) electrons. The molecule has 0 aliphatic heterocycles. The van der Waals surface area contributed by atoms with Crippen molar-refractivity contribution in [1.82, 2.24) is 4.98 Å². The standard InChI is InChI=1S/C7H8BrNO/c1-2-10-7-3-4-9-5-6(7)8/h3-5H,2H2,1H3. The minimum Gasteiger partial charge on any atom is -0.493 e. The molecular formula is C7H8BrNO. The Morgan fingerprint density at radius 3 is 3.10 bits per heavy atom. The number of hydrogen-bond donors (Lipinski definition) is 0. The van der Waals surface area contributed by atoms with Crippen molar-refractivity contribution in [3.63, 3.8) is 0 Å². The second kappa shape index (κ2) is 3.56. The van der Waals surface area contributed by atoms with Crippen molar-refractivity contribution in [1.29, 1.82) is 0 Å². The number of nitrogens with zero attached hydrogens (tertiary/aromatic N) is 1. The van der Waals surface area contributed by atoms with E-state index in [4.69, 9.17) is 4.74 Å². The smallest absolute Gasteiger partial charge is 0.136 e. The Morgan fingerprint density at radius 1 is 1.70 bits per heavy atom. The summed E-state index contributed by atoms with van der Waals surface area (Å²) in [4.78, 5) is 3.90. The van der Waals surface area contributed by atoms with Gasteiger partial charge in [-0.3, -0.25) is 4.98 Å². The van der Waals surface area contributed by atoms with Crippen LogP contribution in [0.3, 0.4) is 0 Å². The van der Waals surface area contributed by atoms with Crippen LogP contribution in [-0.2, 0) is 0 Å². The van der Waals surface area contributed by atoms with Crippen LogP contribution in [0.5, 0.6) is 5.75 Å². The average Bonchev–Trinajstić information content (AvgIpc) is 1.94. The third-order valence-corrected chi connectivity index (χ3v) is 1.63. The summed E-state index contributed by atoms with van der Waals surface area (Å²) in [5.41, 5.74) is 0. The molecule has 0 spiro atoms. The van der Waals surface area contributed by atoms with Crippen molar-refractivity contribution in [3.05, 3.63) is 22.9 Å². The molecule has 1 heterocycles. The molecule has 0 saturated heterocycles. The van der Waals surface area contributed by atoms with Crippen molar-refractivity contribution in [2.45, 2.75) is 6.92 Å². The Kier molecular flexibility index (Phi) is 2.68. The molecule has 10 heavy (non-hydrogen) atoms. The van der Waals surface area contributed by atoms with E-state index in [9.17, 15) is 0 Å². The minimum atomic E-state index is 0.683. The summed E-state index contributed by atoms with van der Waals surface area (Å²) in [7, 11) is 0. The van der Waals surface area contributed by atoms with Gasteiger partial charge in [0, 0.05) is 12.4 Å². The molecule has 0 amide bonds. The molecule has 0 N–H and O–H groups in total. The lowest BCUT2D eigenvalue weighted by molar-refractivity contribution is 0.337. The number of ether oxygens (including phenoxy) is 1. The second-order valence-corrected chi connectivity index (χ2v) is 2.59. The maximum absolute atomic E-state index is 5.25. The molecule has 1 aromatic heterocycles. The lowest BCUT2D eigenvalue weighted by Gasteiger charge is -2.02. The van der Waals surface area contributed by atoms with Gasteiger partial charge in [-0.05, 0) is 28.9 Å². The van der Waals surface area contributed by atoms with Crippen LogP contribution in [0.15, 0.2) is 22.9 Å². The van der Waals surface area contributed by atoms with Crippen molar-refractivity contribution >= 4 is 15.9 Å². The minimum absolute atomic E-state index is 0.683. The van der Waals surface area contributed by atoms with E-state index in [0.29, 0.717) is 6.61 Å². The Labute approximate surface area is 68.4 Å². The molecular weight excluding hydrogens is 194 g/mol. The third-order valence-electron chi connectivity index (χ3n) is 1.04.